The molecule has 5 aliphatic rings. The summed E-state index contributed by atoms with van der Waals surface area (Å²) >= 11 is 0. The van der Waals surface area contributed by atoms with E-state index in [1.807, 2.05) is 0 Å². The maximum absolute atomic E-state index is 13.3. The number of Topliss-reactive ketones (excluding diaryl/α,β-unsaturated/α-hetero) is 2. The summed E-state index contributed by atoms with van der Waals surface area (Å²) in [6.45, 7) is 5.91. The zero-order valence-corrected chi connectivity index (χ0v) is 17.2. The van der Waals surface area contributed by atoms with Gasteiger partial charge in [-0.15, -0.1) is 0 Å². The molecule has 28 heavy (non-hydrogen) atoms. The third-order valence-electron chi connectivity index (χ3n) is 9.52. The van der Waals surface area contributed by atoms with Crippen LogP contribution in [-0.2, 0) is 19.1 Å². The Morgan fingerprint density at radius 2 is 1.86 bits per heavy atom. The number of ketones is 2. The molecule has 0 aromatic rings. The van der Waals surface area contributed by atoms with Gasteiger partial charge in [-0.05, 0) is 61.7 Å². The zero-order valence-electron chi connectivity index (χ0n) is 17.2. The van der Waals surface area contributed by atoms with Gasteiger partial charge in [-0.1, -0.05) is 13.8 Å². The van der Waals surface area contributed by atoms with Gasteiger partial charge in [0.25, 0.3) is 0 Å². The van der Waals surface area contributed by atoms with Gasteiger partial charge in [0.15, 0.2) is 0 Å². The van der Waals surface area contributed by atoms with Crippen molar-refractivity contribution in [2.45, 2.75) is 71.3 Å². The number of fused-ring (bicyclic) bond motifs is 5. The van der Waals surface area contributed by atoms with Gasteiger partial charge in [0.1, 0.15) is 17.7 Å². The van der Waals surface area contributed by atoms with E-state index in [1.54, 1.807) is 0 Å². The quantitative estimate of drug-likeness (QED) is 0.738. The van der Waals surface area contributed by atoms with Crippen molar-refractivity contribution in [3.63, 3.8) is 0 Å². The Morgan fingerprint density at radius 1 is 1.07 bits per heavy atom. The van der Waals surface area contributed by atoms with Crippen LogP contribution >= 0.6 is 0 Å². The molecule has 1 aliphatic heterocycles. The lowest BCUT2D eigenvalue weighted by Gasteiger charge is -2.59. The number of carbonyl (C=O) groups is 3. The van der Waals surface area contributed by atoms with Crippen LogP contribution in [0.25, 0.3) is 0 Å². The molecule has 1 saturated heterocycles. The minimum Gasteiger partial charge on any atom is -0.462 e. The van der Waals surface area contributed by atoms with Gasteiger partial charge in [-0.2, -0.15) is 0 Å². The van der Waals surface area contributed by atoms with E-state index in [0.717, 1.165) is 32.1 Å². The lowest BCUT2D eigenvalue weighted by Crippen LogP contribution is -2.57. The van der Waals surface area contributed by atoms with Gasteiger partial charge in [0.05, 0.1) is 5.92 Å². The largest absolute Gasteiger partial charge is 0.462 e. The number of esters is 1. The van der Waals surface area contributed by atoms with Gasteiger partial charge in [0, 0.05) is 37.3 Å². The molecule has 2 unspecified atom stereocenters. The minimum absolute atomic E-state index is 0.00401. The Balaban J connectivity index is 1.34. The van der Waals surface area contributed by atoms with E-state index >= 15 is 0 Å². The first-order valence-electron chi connectivity index (χ1n) is 11.3. The highest BCUT2D eigenvalue weighted by atomic mass is 16.5. The first-order chi connectivity index (χ1) is 13.3. The van der Waals surface area contributed by atoms with Crippen LogP contribution in [-0.4, -0.2) is 36.7 Å². The van der Waals surface area contributed by atoms with E-state index in [4.69, 9.17) is 4.74 Å². The number of nitrogens with one attached hydrogen (secondary N) is 1. The molecule has 0 bridgehead atoms. The summed E-state index contributed by atoms with van der Waals surface area (Å²) in [5.74, 6) is 2.01. The lowest BCUT2D eigenvalue weighted by molar-refractivity contribution is -0.173. The Kier molecular flexibility index (Phi) is 4.28. The van der Waals surface area contributed by atoms with Crippen molar-refractivity contribution >= 4 is 17.5 Å². The van der Waals surface area contributed by atoms with Crippen molar-refractivity contribution in [3.8, 4) is 0 Å². The average molecular weight is 388 g/mol. The maximum Gasteiger partial charge on any atom is 0.311 e. The van der Waals surface area contributed by atoms with Gasteiger partial charge in [-0.3, -0.25) is 14.4 Å². The number of carbonyl (C=O) groups excluding carboxylic acids is 3. The fourth-order valence-corrected chi connectivity index (χ4v) is 7.60. The van der Waals surface area contributed by atoms with Crippen LogP contribution in [0, 0.1) is 40.4 Å². The molecular weight excluding hydrogens is 354 g/mol. The second-order valence-corrected chi connectivity index (χ2v) is 10.7. The highest BCUT2D eigenvalue weighted by molar-refractivity contribution is 5.88. The summed E-state index contributed by atoms with van der Waals surface area (Å²) < 4.78 is 5.80. The summed E-state index contributed by atoms with van der Waals surface area (Å²) in [5, 5.41) is 3.11. The van der Waals surface area contributed by atoms with E-state index in [1.165, 1.54) is 0 Å². The molecule has 0 spiro atoms. The van der Waals surface area contributed by atoms with Crippen molar-refractivity contribution in [3.05, 3.63) is 0 Å². The summed E-state index contributed by atoms with van der Waals surface area (Å²) in [7, 11) is 0. The molecule has 5 nitrogen and oxygen atoms in total. The Morgan fingerprint density at radius 3 is 2.57 bits per heavy atom. The van der Waals surface area contributed by atoms with Gasteiger partial charge in [0.2, 0.25) is 0 Å². The first kappa shape index (κ1) is 18.8. The standard InChI is InChI=1S/C23H33NO4/c1-22-7-5-14(28-21(27)13-11-24-12-13)9-18(22)19(25)10-15-16-3-4-20(26)23(16,2)8-6-17(15)22/h13-18,24H,3-12H2,1-2H3/t14?,15-,16-,17+,18?,22+,23-/m0/s1. The maximum atomic E-state index is 13.3. The zero-order chi connectivity index (χ0) is 19.7. The number of ether oxygens (including phenoxy) is 1. The normalized spacial score (nSPS) is 48.3. The molecule has 5 heteroatoms. The summed E-state index contributed by atoms with van der Waals surface area (Å²) in [6.07, 6.45) is 6.79. The van der Waals surface area contributed by atoms with Crippen molar-refractivity contribution < 1.29 is 19.1 Å². The molecule has 1 N–H and O–H groups in total. The van der Waals surface area contributed by atoms with Crippen molar-refractivity contribution in [2.24, 2.45) is 40.4 Å². The second-order valence-electron chi connectivity index (χ2n) is 10.7. The predicted octanol–water partition coefficient (Wildman–Crippen LogP) is 2.91. The smallest absolute Gasteiger partial charge is 0.311 e. The Hall–Kier alpha value is -1.23. The molecule has 5 rings (SSSR count). The average Bonchev–Trinajstić information content (AvgIpc) is 2.90. The van der Waals surface area contributed by atoms with Crippen LogP contribution < -0.4 is 5.32 Å². The summed E-state index contributed by atoms with van der Waals surface area (Å²) in [6, 6.07) is 0. The number of rotatable bonds is 2. The molecule has 4 saturated carbocycles. The van der Waals surface area contributed by atoms with Crippen LogP contribution in [0.1, 0.15) is 65.2 Å². The van der Waals surface area contributed by atoms with E-state index in [-0.39, 0.29) is 34.7 Å². The van der Waals surface area contributed by atoms with Gasteiger partial charge >= 0.3 is 5.97 Å². The number of hydrogen-bond donors (Lipinski definition) is 1. The van der Waals surface area contributed by atoms with Gasteiger partial charge < -0.3 is 10.1 Å². The lowest BCUT2D eigenvalue weighted by atomic mass is 9.45. The molecule has 0 amide bonds. The summed E-state index contributed by atoms with van der Waals surface area (Å²) in [5.41, 5.74) is -0.178. The van der Waals surface area contributed by atoms with Gasteiger partial charge in [-0.25, -0.2) is 0 Å². The minimum atomic E-state index is -0.186. The highest BCUT2D eigenvalue weighted by Gasteiger charge is 2.62. The Labute approximate surface area is 167 Å². The van der Waals surface area contributed by atoms with Crippen LogP contribution in [0.5, 0.6) is 0 Å². The molecule has 5 fully saturated rings. The van der Waals surface area contributed by atoms with Crippen molar-refractivity contribution in [1.29, 1.82) is 0 Å². The Bertz CT molecular complexity index is 715. The molecule has 4 aliphatic carbocycles. The second kappa shape index (κ2) is 6.38. The van der Waals surface area contributed by atoms with E-state index < -0.39 is 0 Å². The molecule has 1 heterocycles. The topological polar surface area (TPSA) is 72.5 Å². The molecular formula is C23H33NO4. The predicted molar refractivity (Wildman–Crippen MR) is 103 cm³/mol. The van der Waals surface area contributed by atoms with Crippen molar-refractivity contribution in [1.82, 2.24) is 5.32 Å². The van der Waals surface area contributed by atoms with Crippen LogP contribution in [0.15, 0.2) is 0 Å². The first-order valence-corrected chi connectivity index (χ1v) is 11.3. The fraction of sp³-hybridized carbons (Fsp3) is 0.870. The van der Waals surface area contributed by atoms with E-state index in [0.29, 0.717) is 61.7 Å². The molecule has 0 aromatic heterocycles. The monoisotopic (exact) mass is 387 g/mol. The highest BCUT2D eigenvalue weighted by Crippen LogP contribution is 2.64. The van der Waals surface area contributed by atoms with Crippen LogP contribution in [0.3, 0.4) is 0 Å². The van der Waals surface area contributed by atoms with Crippen molar-refractivity contribution in [2.75, 3.05) is 13.1 Å². The fourth-order valence-electron chi connectivity index (χ4n) is 7.60. The number of hydrogen-bond acceptors (Lipinski definition) is 5. The molecule has 0 radical (unpaired) electrons. The van der Waals surface area contributed by atoms with E-state index in [2.05, 4.69) is 19.2 Å². The van der Waals surface area contributed by atoms with Crippen LogP contribution in [0.2, 0.25) is 0 Å². The summed E-state index contributed by atoms with van der Waals surface area (Å²) in [4.78, 5) is 38.1. The molecule has 154 valence electrons. The molecule has 7 atom stereocenters. The third kappa shape index (κ3) is 2.57. The van der Waals surface area contributed by atoms with E-state index in [9.17, 15) is 14.4 Å². The van der Waals surface area contributed by atoms with Crippen LogP contribution in [0.4, 0.5) is 0 Å². The molecule has 0 aromatic carbocycles. The third-order valence-corrected chi connectivity index (χ3v) is 9.52. The SMILES string of the molecule is C[C@]12CCC(OC(=O)C3CNC3)CC1C(=O)C[C@@H]1[C@H]2CC[C@]2(C)C(=O)CC[C@@H]12.